The molecule has 0 spiro atoms. The quantitative estimate of drug-likeness (QED) is 0.416. The van der Waals surface area contributed by atoms with E-state index in [1.54, 1.807) is 13.8 Å². The van der Waals surface area contributed by atoms with E-state index in [0.29, 0.717) is 12.2 Å². The van der Waals surface area contributed by atoms with Crippen LogP contribution in [0.1, 0.15) is 26.7 Å². The van der Waals surface area contributed by atoms with Crippen LogP contribution in [0.25, 0.3) is 0 Å². The van der Waals surface area contributed by atoms with Gasteiger partial charge in [0.05, 0.1) is 12.9 Å². The molecular weight excluding hydrogens is 280 g/mol. The zero-order valence-electron chi connectivity index (χ0n) is 12.8. The molecular formula is C14H22O7. The molecule has 0 aromatic rings. The van der Waals surface area contributed by atoms with Crippen LogP contribution in [0, 0.1) is 0 Å². The summed E-state index contributed by atoms with van der Waals surface area (Å²) >= 11 is 0. The molecule has 2 saturated heterocycles. The van der Waals surface area contributed by atoms with Gasteiger partial charge in [0.2, 0.25) is 0 Å². The fourth-order valence-corrected chi connectivity index (χ4v) is 2.65. The molecule has 3 atom stereocenters. The maximum absolute atomic E-state index is 12.2. The molecule has 0 amide bonds. The van der Waals surface area contributed by atoms with Crippen LogP contribution >= 0.6 is 0 Å². The predicted molar refractivity (Wildman–Crippen MR) is 71.0 cm³/mol. The molecule has 0 saturated carbocycles. The highest BCUT2D eigenvalue weighted by atomic mass is 16.8. The van der Waals surface area contributed by atoms with E-state index < -0.39 is 23.6 Å². The van der Waals surface area contributed by atoms with E-state index in [2.05, 4.69) is 6.58 Å². The van der Waals surface area contributed by atoms with Gasteiger partial charge in [-0.15, -0.1) is 0 Å². The molecule has 2 fully saturated rings. The summed E-state index contributed by atoms with van der Waals surface area (Å²) in [6.07, 6.45) is -0.449. The molecule has 2 aliphatic rings. The molecule has 0 unspecified atom stereocenters. The Bertz CT molecular complexity index is 402. The largest absolute Gasteiger partial charge is 0.472 e. The smallest absolute Gasteiger partial charge is 0.338 e. The van der Waals surface area contributed by atoms with Gasteiger partial charge in [0, 0.05) is 20.0 Å². The monoisotopic (exact) mass is 302 g/mol. The first-order valence-corrected chi connectivity index (χ1v) is 6.73. The lowest BCUT2D eigenvalue weighted by molar-refractivity contribution is -0.231. The fourth-order valence-electron chi connectivity index (χ4n) is 2.65. The molecule has 2 heterocycles. The van der Waals surface area contributed by atoms with Crippen molar-refractivity contribution in [2.45, 2.75) is 50.5 Å². The highest BCUT2D eigenvalue weighted by Crippen LogP contribution is 2.45. The molecule has 0 aromatic heterocycles. The lowest BCUT2D eigenvalue weighted by Crippen LogP contribution is -2.42. The van der Waals surface area contributed by atoms with Gasteiger partial charge in [-0.05, 0) is 13.8 Å². The third-order valence-electron chi connectivity index (χ3n) is 3.43. The number of esters is 1. The number of ether oxygens (including phenoxy) is 6. The second-order valence-corrected chi connectivity index (χ2v) is 5.62. The second kappa shape index (κ2) is 5.92. The van der Waals surface area contributed by atoms with Crippen LogP contribution in [-0.2, 0) is 33.2 Å². The van der Waals surface area contributed by atoms with Crippen LogP contribution in [0.5, 0.6) is 0 Å². The first-order chi connectivity index (χ1) is 9.82. The molecule has 0 radical (unpaired) electrons. The summed E-state index contributed by atoms with van der Waals surface area (Å²) in [5.74, 6) is -0.841. The molecule has 21 heavy (non-hydrogen) atoms. The van der Waals surface area contributed by atoms with Gasteiger partial charge in [0.15, 0.2) is 24.5 Å². The minimum absolute atomic E-state index is 0.0585. The van der Waals surface area contributed by atoms with E-state index in [1.165, 1.54) is 14.2 Å². The SMILES string of the molecule is C=C(C[C@]1(C(=O)OC)C[C@@H]2OC(C)(C)O[C@H]2O1)OCOC. The Morgan fingerprint density at radius 1 is 1.29 bits per heavy atom. The average Bonchev–Trinajstić information content (AvgIpc) is 2.85. The number of methoxy groups -OCH3 is 2. The van der Waals surface area contributed by atoms with Crippen molar-refractivity contribution in [2.75, 3.05) is 21.0 Å². The Balaban J connectivity index is 2.08. The van der Waals surface area contributed by atoms with Crippen LogP contribution in [0.3, 0.4) is 0 Å². The third-order valence-corrected chi connectivity index (χ3v) is 3.43. The van der Waals surface area contributed by atoms with E-state index in [9.17, 15) is 4.79 Å². The molecule has 0 bridgehead atoms. The van der Waals surface area contributed by atoms with Crippen molar-refractivity contribution in [2.24, 2.45) is 0 Å². The lowest BCUT2D eigenvalue weighted by atomic mass is 9.94. The molecule has 7 nitrogen and oxygen atoms in total. The number of carbonyl (C=O) groups excluding carboxylic acids is 1. The van der Waals surface area contributed by atoms with Crippen molar-refractivity contribution in [3.63, 3.8) is 0 Å². The van der Waals surface area contributed by atoms with Crippen LogP contribution in [0.2, 0.25) is 0 Å². The van der Waals surface area contributed by atoms with Crippen molar-refractivity contribution >= 4 is 5.97 Å². The van der Waals surface area contributed by atoms with Gasteiger partial charge in [0.25, 0.3) is 0 Å². The minimum Gasteiger partial charge on any atom is -0.472 e. The molecule has 0 N–H and O–H groups in total. The summed E-state index contributed by atoms with van der Waals surface area (Å²) in [6, 6.07) is 0. The molecule has 120 valence electrons. The zero-order chi connectivity index (χ0) is 15.7. The van der Waals surface area contributed by atoms with Gasteiger partial charge < -0.3 is 28.4 Å². The summed E-state index contributed by atoms with van der Waals surface area (Å²) < 4.78 is 32.1. The Morgan fingerprint density at radius 3 is 2.57 bits per heavy atom. The van der Waals surface area contributed by atoms with Crippen molar-refractivity contribution in [3.8, 4) is 0 Å². The number of hydrogen-bond acceptors (Lipinski definition) is 7. The molecule has 7 heteroatoms. The van der Waals surface area contributed by atoms with Gasteiger partial charge in [-0.1, -0.05) is 6.58 Å². The average molecular weight is 302 g/mol. The first kappa shape index (κ1) is 16.2. The number of hydrogen-bond donors (Lipinski definition) is 0. The number of fused-ring (bicyclic) bond motifs is 1. The Hall–Kier alpha value is -1.15. The van der Waals surface area contributed by atoms with Gasteiger partial charge in [0.1, 0.15) is 6.10 Å². The van der Waals surface area contributed by atoms with Gasteiger partial charge in [-0.2, -0.15) is 0 Å². The van der Waals surface area contributed by atoms with Crippen LogP contribution < -0.4 is 0 Å². The highest BCUT2D eigenvalue weighted by molar-refractivity contribution is 5.80. The Kier molecular flexibility index (Phi) is 4.57. The standard InChI is InChI=1S/C14H22O7/c1-9(18-8-16-4)6-14(12(15)17-5)7-10-11(21-14)20-13(2,3)19-10/h10-11H,1,6-8H2,2-5H3/t10-,11-,14+/m0/s1. The molecule has 0 aromatic carbocycles. The van der Waals surface area contributed by atoms with Crippen molar-refractivity contribution in [3.05, 3.63) is 12.3 Å². The Morgan fingerprint density at radius 2 is 2.00 bits per heavy atom. The predicted octanol–water partition coefficient (Wildman–Crippen LogP) is 1.32. The summed E-state index contributed by atoms with van der Waals surface area (Å²) in [5.41, 5.74) is -1.20. The fraction of sp³-hybridized carbons (Fsp3) is 0.786. The van der Waals surface area contributed by atoms with Crippen LogP contribution in [0.4, 0.5) is 0 Å². The van der Waals surface area contributed by atoms with Crippen molar-refractivity contribution in [1.29, 1.82) is 0 Å². The summed E-state index contributed by atoms with van der Waals surface area (Å²) in [7, 11) is 2.82. The maximum atomic E-state index is 12.2. The van der Waals surface area contributed by atoms with E-state index in [4.69, 9.17) is 28.4 Å². The van der Waals surface area contributed by atoms with E-state index in [0.717, 1.165) is 0 Å². The van der Waals surface area contributed by atoms with E-state index in [1.807, 2.05) is 0 Å². The summed E-state index contributed by atoms with van der Waals surface area (Å²) in [5, 5.41) is 0. The van der Waals surface area contributed by atoms with Crippen LogP contribution in [-0.4, -0.2) is 50.8 Å². The van der Waals surface area contributed by atoms with Crippen molar-refractivity contribution in [1.82, 2.24) is 0 Å². The molecule has 2 aliphatic heterocycles. The maximum Gasteiger partial charge on any atom is 0.338 e. The molecule has 2 rings (SSSR count). The van der Waals surface area contributed by atoms with Crippen molar-refractivity contribution < 1.29 is 33.2 Å². The van der Waals surface area contributed by atoms with E-state index in [-0.39, 0.29) is 19.3 Å². The van der Waals surface area contributed by atoms with Gasteiger partial charge >= 0.3 is 5.97 Å². The first-order valence-electron chi connectivity index (χ1n) is 6.73. The number of carbonyl (C=O) groups is 1. The summed E-state index contributed by atoms with van der Waals surface area (Å²) in [6.45, 7) is 7.43. The highest BCUT2D eigenvalue weighted by Gasteiger charge is 2.59. The number of rotatable bonds is 6. The van der Waals surface area contributed by atoms with Crippen LogP contribution in [0.15, 0.2) is 12.3 Å². The summed E-state index contributed by atoms with van der Waals surface area (Å²) in [4.78, 5) is 12.2. The zero-order valence-corrected chi connectivity index (χ0v) is 12.8. The molecule has 0 aliphatic carbocycles. The van der Waals surface area contributed by atoms with E-state index >= 15 is 0 Å². The van der Waals surface area contributed by atoms with Gasteiger partial charge in [-0.25, -0.2) is 4.79 Å². The lowest BCUT2D eigenvalue weighted by Gasteiger charge is -2.29. The topological polar surface area (TPSA) is 72.5 Å². The minimum atomic E-state index is -1.20. The van der Waals surface area contributed by atoms with Gasteiger partial charge in [-0.3, -0.25) is 0 Å². The Labute approximate surface area is 124 Å². The normalized spacial score (nSPS) is 33.5. The second-order valence-electron chi connectivity index (χ2n) is 5.62. The third kappa shape index (κ3) is 3.37.